The Labute approximate surface area is 116 Å². The standard InChI is InChI=1S/C14H16N2O4/c1-9(15-19)8-14(20-10(2)17)11-6-4-5-7-12(11)16(3)13(14)18/h4-7,19H,8H2,1-3H3/b15-9+. The molecule has 0 saturated heterocycles. The van der Waals surface area contributed by atoms with Gasteiger partial charge in [0, 0.05) is 26.0 Å². The monoisotopic (exact) mass is 276 g/mol. The van der Waals surface area contributed by atoms with Crippen LogP contribution in [0.25, 0.3) is 0 Å². The second kappa shape index (κ2) is 4.96. The van der Waals surface area contributed by atoms with Crippen LogP contribution in [0.5, 0.6) is 0 Å². The van der Waals surface area contributed by atoms with Gasteiger partial charge in [-0.25, -0.2) is 0 Å². The highest BCUT2D eigenvalue weighted by atomic mass is 16.6. The van der Waals surface area contributed by atoms with Crippen LogP contribution in [0.15, 0.2) is 29.4 Å². The zero-order chi connectivity index (χ0) is 14.9. The van der Waals surface area contributed by atoms with Crippen LogP contribution in [0.3, 0.4) is 0 Å². The minimum absolute atomic E-state index is 0.0171. The quantitative estimate of drug-likeness (QED) is 0.394. The molecule has 0 fully saturated rings. The van der Waals surface area contributed by atoms with Gasteiger partial charge in [-0.1, -0.05) is 23.4 Å². The number of para-hydroxylation sites is 1. The zero-order valence-electron chi connectivity index (χ0n) is 11.6. The molecule has 1 atom stereocenters. The maximum absolute atomic E-state index is 12.6. The molecule has 1 aliphatic heterocycles. The average molecular weight is 276 g/mol. The molecule has 0 saturated carbocycles. The molecule has 1 N–H and O–H groups in total. The van der Waals surface area contributed by atoms with E-state index in [0.29, 0.717) is 17.0 Å². The van der Waals surface area contributed by atoms with Gasteiger partial charge in [0.05, 0.1) is 11.4 Å². The van der Waals surface area contributed by atoms with Crippen LogP contribution < -0.4 is 4.90 Å². The van der Waals surface area contributed by atoms with Gasteiger partial charge in [0.25, 0.3) is 5.91 Å². The second-order valence-corrected chi connectivity index (χ2v) is 4.81. The lowest BCUT2D eigenvalue weighted by Gasteiger charge is -2.27. The Morgan fingerprint density at radius 1 is 1.40 bits per heavy atom. The molecule has 0 aromatic heterocycles. The topological polar surface area (TPSA) is 79.2 Å². The molecule has 0 bridgehead atoms. The summed E-state index contributed by atoms with van der Waals surface area (Å²) in [5, 5.41) is 12.0. The van der Waals surface area contributed by atoms with Crippen molar-refractivity contribution >= 4 is 23.3 Å². The van der Waals surface area contributed by atoms with Crippen molar-refractivity contribution in [3.63, 3.8) is 0 Å². The Morgan fingerprint density at radius 2 is 2.05 bits per heavy atom. The molecule has 6 heteroatoms. The Kier molecular flexibility index (Phi) is 3.48. The maximum Gasteiger partial charge on any atom is 0.304 e. The number of benzene rings is 1. The number of ether oxygens (including phenoxy) is 1. The maximum atomic E-state index is 12.6. The third kappa shape index (κ3) is 2.03. The number of anilines is 1. The summed E-state index contributed by atoms with van der Waals surface area (Å²) >= 11 is 0. The van der Waals surface area contributed by atoms with Crippen LogP contribution in [0.4, 0.5) is 5.69 Å². The molecule has 1 amide bonds. The van der Waals surface area contributed by atoms with Crippen molar-refractivity contribution in [2.24, 2.45) is 5.16 Å². The van der Waals surface area contributed by atoms with E-state index < -0.39 is 11.6 Å². The average Bonchev–Trinajstić information content (AvgIpc) is 2.62. The van der Waals surface area contributed by atoms with Gasteiger partial charge in [-0.15, -0.1) is 0 Å². The van der Waals surface area contributed by atoms with Gasteiger partial charge in [0.1, 0.15) is 0 Å². The number of carbonyl (C=O) groups excluding carboxylic acids is 2. The summed E-state index contributed by atoms with van der Waals surface area (Å²) in [6, 6.07) is 7.10. The lowest BCUT2D eigenvalue weighted by Crippen LogP contribution is -2.43. The van der Waals surface area contributed by atoms with Gasteiger partial charge in [0.2, 0.25) is 5.60 Å². The van der Waals surface area contributed by atoms with E-state index >= 15 is 0 Å². The van der Waals surface area contributed by atoms with Crippen molar-refractivity contribution in [1.29, 1.82) is 0 Å². The Morgan fingerprint density at radius 3 is 2.65 bits per heavy atom. The van der Waals surface area contributed by atoms with E-state index in [1.165, 1.54) is 11.8 Å². The minimum Gasteiger partial charge on any atom is -0.444 e. The molecule has 0 aliphatic carbocycles. The first-order chi connectivity index (χ1) is 9.42. The smallest absolute Gasteiger partial charge is 0.304 e. The van der Waals surface area contributed by atoms with Crippen molar-refractivity contribution in [1.82, 2.24) is 0 Å². The van der Waals surface area contributed by atoms with Gasteiger partial charge in [-0.05, 0) is 13.0 Å². The number of nitrogens with zero attached hydrogens (tertiary/aromatic N) is 2. The molecule has 0 spiro atoms. The lowest BCUT2D eigenvalue weighted by molar-refractivity contribution is -0.164. The molecule has 20 heavy (non-hydrogen) atoms. The number of oxime groups is 1. The van der Waals surface area contributed by atoms with Crippen molar-refractivity contribution < 1.29 is 19.5 Å². The van der Waals surface area contributed by atoms with Crippen LogP contribution in [0, 0.1) is 0 Å². The molecular weight excluding hydrogens is 260 g/mol. The van der Waals surface area contributed by atoms with Gasteiger partial charge in [0.15, 0.2) is 0 Å². The van der Waals surface area contributed by atoms with E-state index in [0.717, 1.165) is 0 Å². The highest BCUT2D eigenvalue weighted by molar-refractivity contribution is 6.09. The molecule has 1 aromatic rings. The fourth-order valence-electron chi connectivity index (χ4n) is 2.55. The third-order valence-corrected chi connectivity index (χ3v) is 3.34. The largest absolute Gasteiger partial charge is 0.444 e. The van der Waals surface area contributed by atoms with Crippen molar-refractivity contribution in [2.45, 2.75) is 25.9 Å². The SMILES string of the molecule is CC(=O)OC1(C/C(C)=N/O)C(=O)N(C)c2ccccc21. The second-order valence-electron chi connectivity index (χ2n) is 4.81. The Bertz CT molecular complexity index is 597. The van der Waals surface area contributed by atoms with Crippen molar-refractivity contribution in [3.05, 3.63) is 29.8 Å². The van der Waals surface area contributed by atoms with Crippen LogP contribution in [0.1, 0.15) is 25.8 Å². The number of fused-ring (bicyclic) bond motifs is 1. The van der Waals surface area contributed by atoms with Crippen LogP contribution in [-0.2, 0) is 19.9 Å². The Hall–Kier alpha value is -2.37. The third-order valence-electron chi connectivity index (χ3n) is 3.34. The summed E-state index contributed by atoms with van der Waals surface area (Å²) < 4.78 is 5.36. The Balaban J connectivity index is 2.61. The van der Waals surface area contributed by atoms with E-state index in [2.05, 4.69) is 5.16 Å². The molecule has 0 radical (unpaired) electrons. The summed E-state index contributed by atoms with van der Waals surface area (Å²) in [5.74, 6) is -0.911. The summed E-state index contributed by atoms with van der Waals surface area (Å²) in [4.78, 5) is 25.5. The molecule has 6 nitrogen and oxygen atoms in total. The highest BCUT2D eigenvalue weighted by Crippen LogP contribution is 2.44. The van der Waals surface area contributed by atoms with Crippen LogP contribution >= 0.6 is 0 Å². The summed E-state index contributed by atoms with van der Waals surface area (Å²) in [5.41, 5.74) is 0.146. The number of rotatable bonds is 3. The number of hydrogen-bond acceptors (Lipinski definition) is 5. The van der Waals surface area contributed by atoms with E-state index in [1.54, 1.807) is 38.2 Å². The summed E-state index contributed by atoms with van der Waals surface area (Å²) in [6.07, 6.45) is 0.0171. The molecule has 1 aromatic carbocycles. The minimum atomic E-state index is -1.45. The highest BCUT2D eigenvalue weighted by Gasteiger charge is 2.53. The van der Waals surface area contributed by atoms with E-state index in [1.807, 2.05) is 0 Å². The van der Waals surface area contributed by atoms with E-state index in [9.17, 15) is 9.59 Å². The molecule has 1 heterocycles. The van der Waals surface area contributed by atoms with Crippen molar-refractivity contribution in [3.8, 4) is 0 Å². The molecule has 2 rings (SSSR count). The number of esters is 1. The van der Waals surface area contributed by atoms with Gasteiger partial charge in [-0.3, -0.25) is 9.59 Å². The van der Waals surface area contributed by atoms with E-state index in [-0.39, 0.29) is 12.3 Å². The molecular formula is C14H16N2O4. The predicted molar refractivity (Wildman–Crippen MR) is 72.8 cm³/mol. The molecule has 106 valence electrons. The number of hydrogen-bond donors (Lipinski definition) is 1. The molecule has 1 unspecified atom stereocenters. The van der Waals surface area contributed by atoms with Crippen LogP contribution in [-0.4, -0.2) is 29.8 Å². The number of amides is 1. The number of carbonyl (C=O) groups is 2. The fourth-order valence-corrected chi connectivity index (χ4v) is 2.55. The summed E-state index contributed by atoms with van der Waals surface area (Å²) in [7, 11) is 1.62. The first-order valence-corrected chi connectivity index (χ1v) is 6.17. The van der Waals surface area contributed by atoms with Crippen molar-refractivity contribution in [2.75, 3.05) is 11.9 Å². The van der Waals surface area contributed by atoms with E-state index in [4.69, 9.17) is 9.94 Å². The van der Waals surface area contributed by atoms with Crippen LogP contribution in [0.2, 0.25) is 0 Å². The van der Waals surface area contributed by atoms with Gasteiger partial charge in [-0.2, -0.15) is 0 Å². The lowest BCUT2D eigenvalue weighted by atomic mass is 9.89. The fraction of sp³-hybridized carbons (Fsp3) is 0.357. The number of likely N-dealkylation sites (N-methyl/N-ethyl adjacent to an activating group) is 1. The normalized spacial score (nSPS) is 21.9. The summed E-state index contributed by atoms with van der Waals surface area (Å²) in [6.45, 7) is 2.82. The molecule has 1 aliphatic rings. The predicted octanol–water partition coefficient (Wildman–Crippen LogP) is 1.66. The first-order valence-electron chi connectivity index (χ1n) is 6.17. The van der Waals surface area contributed by atoms with Gasteiger partial charge >= 0.3 is 5.97 Å². The zero-order valence-corrected chi connectivity index (χ0v) is 11.6. The first kappa shape index (κ1) is 14.0. The van der Waals surface area contributed by atoms with Gasteiger partial charge < -0.3 is 14.8 Å².